The van der Waals surface area contributed by atoms with Gasteiger partial charge in [0.15, 0.2) is 0 Å². The Morgan fingerprint density at radius 2 is 2.41 bits per heavy atom. The van der Waals surface area contributed by atoms with E-state index in [1.807, 2.05) is 18.4 Å². The maximum absolute atomic E-state index is 11.8. The predicted octanol–water partition coefficient (Wildman–Crippen LogP) is 2.14. The Morgan fingerprint density at radius 1 is 1.65 bits per heavy atom. The Labute approximate surface area is 109 Å². The zero-order chi connectivity index (χ0) is 12.4. The minimum absolute atomic E-state index is 0.00752. The third-order valence-corrected chi connectivity index (χ3v) is 4.15. The van der Waals surface area contributed by atoms with Crippen LogP contribution in [-0.2, 0) is 11.2 Å². The van der Waals surface area contributed by atoms with Gasteiger partial charge in [-0.3, -0.25) is 10.1 Å². The fourth-order valence-electron chi connectivity index (χ4n) is 2.01. The molecule has 6 heteroatoms. The summed E-state index contributed by atoms with van der Waals surface area (Å²) in [5, 5.41) is 4.31. The van der Waals surface area contributed by atoms with Crippen LogP contribution in [0, 0.1) is 0 Å². The van der Waals surface area contributed by atoms with Crippen molar-refractivity contribution in [2.75, 3.05) is 12.4 Å². The van der Waals surface area contributed by atoms with E-state index in [1.54, 1.807) is 16.2 Å². The lowest BCUT2D eigenvalue weighted by Gasteiger charge is -2.33. The van der Waals surface area contributed by atoms with Gasteiger partial charge in [0.2, 0.25) is 5.91 Å². The summed E-state index contributed by atoms with van der Waals surface area (Å²) in [6.07, 6.45) is 0.847. The number of nitrogens with zero attached hydrogens (tertiary/aromatic N) is 1. The molecule has 1 aromatic rings. The number of amides is 3. The minimum atomic E-state index is -0.458. The second-order valence-electron chi connectivity index (χ2n) is 3.91. The molecular formula is C11H13ClN2O2S. The number of thiophene rings is 1. The number of nitrogens with one attached hydrogen (secondary N) is 1. The van der Waals surface area contributed by atoms with Crippen molar-refractivity contribution >= 4 is 34.9 Å². The van der Waals surface area contributed by atoms with E-state index in [9.17, 15) is 9.59 Å². The van der Waals surface area contributed by atoms with Crippen LogP contribution in [0.25, 0.3) is 0 Å². The standard InChI is InChI=1S/C11H13ClN2O2S/c1-7-8-3-5-17-9(8)2-4-14(7)11(16)13-10(15)6-12/h3,5,7H,2,4,6H2,1H3,(H,13,15,16). The smallest absolute Gasteiger partial charge is 0.317 e. The summed E-state index contributed by atoms with van der Waals surface area (Å²) < 4.78 is 0. The molecule has 0 aromatic carbocycles. The van der Waals surface area contributed by atoms with Crippen molar-refractivity contribution < 1.29 is 9.59 Å². The summed E-state index contributed by atoms with van der Waals surface area (Å²) in [6, 6.07) is 1.68. The molecule has 2 heterocycles. The highest BCUT2D eigenvalue weighted by Crippen LogP contribution is 2.32. The molecule has 0 fully saturated rings. The number of imide groups is 1. The third-order valence-electron chi connectivity index (χ3n) is 2.91. The summed E-state index contributed by atoms with van der Waals surface area (Å²) in [7, 11) is 0. The van der Waals surface area contributed by atoms with Crippen LogP contribution >= 0.6 is 22.9 Å². The number of fused-ring (bicyclic) bond motifs is 1. The van der Waals surface area contributed by atoms with Crippen molar-refractivity contribution in [2.45, 2.75) is 19.4 Å². The quantitative estimate of drug-likeness (QED) is 0.797. The van der Waals surface area contributed by atoms with Gasteiger partial charge in [0.1, 0.15) is 5.88 Å². The van der Waals surface area contributed by atoms with Crippen LogP contribution in [0.5, 0.6) is 0 Å². The van der Waals surface area contributed by atoms with E-state index in [1.165, 1.54) is 10.4 Å². The van der Waals surface area contributed by atoms with Crippen LogP contribution in [0.1, 0.15) is 23.4 Å². The number of hydrogen-bond acceptors (Lipinski definition) is 3. The second-order valence-corrected chi connectivity index (χ2v) is 5.17. The van der Waals surface area contributed by atoms with Gasteiger partial charge in [0, 0.05) is 11.4 Å². The average Bonchev–Trinajstić information content (AvgIpc) is 2.78. The number of alkyl halides is 1. The average molecular weight is 273 g/mol. The number of carbonyl (C=O) groups excluding carboxylic acids is 2. The largest absolute Gasteiger partial charge is 0.324 e. The molecule has 0 spiro atoms. The molecule has 17 heavy (non-hydrogen) atoms. The van der Waals surface area contributed by atoms with Crippen molar-refractivity contribution in [3.63, 3.8) is 0 Å². The molecule has 4 nitrogen and oxygen atoms in total. The maximum Gasteiger partial charge on any atom is 0.324 e. The molecule has 3 amide bonds. The molecule has 92 valence electrons. The maximum atomic E-state index is 11.8. The first kappa shape index (κ1) is 12.4. The zero-order valence-corrected chi connectivity index (χ0v) is 11.0. The SMILES string of the molecule is CC1c2ccsc2CCN1C(=O)NC(=O)CCl. The first-order chi connectivity index (χ1) is 8.13. The Hall–Kier alpha value is -1.07. The molecule has 0 radical (unpaired) electrons. The van der Waals surface area contributed by atoms with E-state index in [-0.39, 0.29) is 18.0 Å². The first-order valence-corrected chi connectivity index (χ1v) is 6.77. The van der Waals surface area contributed by atoms with E-state index in [0.29, 0.717) is 6.54 Å². The van der Waals surface area contributed by atoms with Gasteiger partial charge >= 0.3 is 6.03 Å². The molecule has 0 aliphatic carbocycles. The number of halogens is 1. The van der Waals surface area contributed by atoms with E-state index < -0.39 is 5.91 Å². The van der Waals surface area contributed by atoms with Gasteiger partial charge in [-0.2, -0.15) is 0 Å². The van der Waals surface area contributed by atoms with Crippen molar-refractivity contribution in [3.05, 3.63) is 21.9 Å². The van der Waals surface area contributed by atoms with Crippen LogP contribution in [0.4, 0.5) is 4.79 Å². The van der Waals surface area contributed by atoms with Gasteiger partial charge in [-0.05, 0) is 30.4 Å². The van der Waals surface area contributed by atoms with Crippen LogP contribution < -0.4 is 5.32 Å². The summed E-state index contributed by atoms with van der Waals surface area (Å²) in [5.74, 6) is -0.655. The molecule has 1 atom stereocenters. The van der Waals surface area contributed by atoms with Crippen molar-refractivity contribution in [3.8, 4) is 0 Å². The van der Waals surface area contributed by atoms with Gasteiger partial charge in [0.05, 0.1) is 6.04 Å². The Kier molecular flexibility index (Phi) is 3.69. The molecule has 1 N–H and O–H groups in total. The second kappa shape index (κ2) is 5.06. The number of rotatable bonds is 1. The lowest BCUT2D eigenvalue weighted by Crippen LogP contribution is -2.46. The molecule has 0 saturated heterocycles. The summed E-state index contributed by atoms with van der Waals surface area (Å²) in [4.78, 5) is 25.9. The molecule has 1 unspecified atom stereocenters. The van der Waals surface area contributed by atoms with Gasteiger partial charge in [-0.25, -0.2) is 4.79 Å². The van der Waals surface area contributed by atoms with Crippen LogP contribution in [0.2, 0.25) is 0 Å². The Bertz CT molecular complexity index is 446. The third kappa shape index (κ3) is 2.45. The number of urea groups is 1. The monoisotopic (exact) mass is 272 g/mol. The van der Waals surface area contributed by atoms with Gasteiger partial charge in [-0.1, -0.05) is 0 Å². The molecule has 1 aromatic heterocycles. The first-order valence-electron chi connectivity index (χ1n) is 5.36. The summed E-state index contributed by atoms with van der Waals surface area (Å²) in [6.45, 7) is 2.60. The van der Waals surface area contributed by atoms with Crippen molar-refractivity contribution in [2.24, 2.45) is 0 Å². The fourth-order valence-corrected chi connectivity index (χ4v) is 3.04. The van der Waals surface area contributed by atoms with Crippen molar-refractivity contribution in [1.82, 2.24) is 10.2 Å². The molecule has 0 saturated carbocycles. The Balaban J connectivity index is 2.09. The van der Waals surface area contributed by atoms with E-state index >= 15 is 0 Å². The molecule has 2 rings (SSSR count). The highest BCUT2D eigenvalue weighted by Gasteiger charge is 2.28. The predicted molar refractivity (Wildman–Crippen MR) is 67.4 cm³/mol. The minimum Gasteiger partial charge on any atom is -0.317 e. The van der Waals surface area contributed by atoms with Crippen LogP contribution in [0.15, 0.2) is 11.4 Å². The van der Waals surface area contributed by atoms with Crippen molar-refractivity contribution in [1.29, 1.82) is 0 Å². The lowest BCUT2D eigenvalue weighted by molar-refractivity contribution is -0.117. The summed E-state index contributed by atoms with van der Waals surface area (Å²) >= 11 is 7.07. The lowest BCUT2D eigenvalue weighted by atomic mass is 10.0. The van der Waals surface area contributed by atoms with E-state index in [4.69, 9.17) is 11.6 Å². The van der Waals surface area contributed by atoms with Crippen LogP contribution in [-0.4, -0.2) is 29.3 Å². The topological polar surface area (TPSA) is 49.4 Å². The fraction of sp³-hybridized carbons (Fsp3) is 0.455. The van der Waals surface area contributed by atoms with Crippen LogP contribution in [0.3, 0.4) is 0 Å². The number of carbonyl (C=O) groups is 2. The van der Waals surface area contributed by atoms with Gasteiger partial charge < -0.3 is 4.90 Å². The molecule has 1 aliphatic heterocycles. The van der Waals surface area contributed by atoms with E-state index in [2.05, 4.69) is 5.32 Å². The Morgan fingerprint density at radius 3 is 3.12 bits per heavy atom. The van der Waals surface area contributed by atoms with E-state index in [0.717, 1.165) is 6.42 Å². The zero-order valence-electron chi connectivity index (χ0n) is 9.40. The molecular weight excluding hydrogens is 260 g/mol. The van der Waals surface area contributed by atoms with Gasteiger partial charge in [-0.15, -0.1) is 22.9 Å². The molecule has 1 aliphatic rings. The van der Waals surface area contributed by atoms with Gasteiger partial charge in [0.25, 0.3) is 0 Å². The highest BCUT2D eigenvalue weighted by molar-refractivity contribution is 7.10. The summed E-state index contributed by atoms with van der Waals surface area (Å²) in [5.41, 5.74) is 1.18. The number of hydrogen-bond donors (Lipinski definition) is 1. The highest BCUT2D eigenvalue weighted by atomic mass is 35.5. The normalized spacial score (nSPS) is 18.7. The molecule has 0 bridgehead atoms.